The van der Waals surface area contributed by atoms with Gasteiger partial charge in [-0.3, -0.25) is 4.79 Å². The zero-order valence-electron chi connectivity index (χ0n) is 16.9. The number of amides is 1. The normalized spacial score (nSPS) is 23.3. The van der Waals surface area contributed by atoms with Gasteiger partial charge in [-0.2, -0.15) is 4.31 Å². The molecule has 2 atom stereocenters. The van der Waals surface area contributed by atoms with E-state index in [1.807, 2.05) is 37.3 Å². The van der Waals surface area contributed by atoms with Gasteiger partial charge in [0, 0.05) is 25.2 Å². The van der Waals surface area contributed by atoms with Crippen molar-refractivity contribution in [2.45, 2.75) is 24.0 Å². The van der Waals surface area contributed by atoms with Gasteiger partial charge in [0.15, 0.2) is 0 Å². The summed E-state index contributed by atoms with van der Waals surface area (Å²) in [6.45, 7) is 4.39. The molecule has 2 aromatic carbocycles. The number of morpholine rings is 2. The average molecular weight is 431 g/mol. The Morgan fingerprint density at radius 1 is 0.967 bits per heavy atom. The zero-order chi connectivity index (χ0) is 21.1. The lowest BCUT2D eigenvalue weighted by Crippen LogP contribution is -2.46. The van der Waals surface area contributed by atoms with Crippen LogP contribution in [0.2, 0.25) is 0 Å². The van der Waals surface area contributed by atoms with E-state index in [1.54, 1.807) is 17.0 Å². The molecule has 2 heterocycles. The number of nitrogens with zero attached hydrogens (tertiary/aromatic N) is 2. The molecule has 2 saturated heterocycles. The summed E-state index contributed by atoms with van der Waals surface area (Å²) in [5.41, 5.74) is 1.51. The summed E-state index contributed by atoms with van der Waals surface area (Å²) in [5, 5.41) is 0. The number of rotatable bonds is 4. The predicted molar refractivity (Wildman–Crippen MR) is 112 cm³/mol. The Morgan fingerprint density at radius 2 is 1.63 bits per heavy atom. The molecule has 2 aromatic rings. The first-order valence-corrected chi connectivity index (χ1v) is 11.6. The monoisotopic (exact) mass is 430 g/mol. The van der Waals surface area contributed by atoms with Crippen LogP contribution in [-0.2, 0) is 19.5 Å². The predicted octanol–water partition coefficient (Wildman–Crippen LogP) is 2.31. The van der Waals surface area contributed by atoms with E-state index in [-0.39, 0.29) is 23.0 Å². The third kappa shape index (κ3) is 4.41. The van der Waals surface area contributed by atoms with Crippen LogP contribution in [0.4, 0.5) is 0 Å². The van der Waals surface area contributed by atoms with E-state index in [1.165, 1.54) is 16.4 Å². The van der Waals surface area contributed by atoms with Crippen molar-refractivity contribution in [1.82, 2.24) is 9.21 Å². The summed E-state index contributed by atoms with van der Waals surface area (Å²) in [6, 6.07) is 16.1. The van der Waals surface area contributed by atoms with E-state index in [0.717, 1.165) is 5.56 Å². The number of hydrogen-bond acceptors (Lipinski definition) is 5. The molecule has 0 unspecified atom stereocenters. The first-order valence-electron chi connectivity index (χ1n) is 10.1. The molecule has 1 amide bonds. The second kappa shape index (κ2) is 8.85. The summed E-state index contributed by atoms with van der Waals surface area (Å²) < 4.78 is 38.2. The number of benzene rings is 2. The summed E-state index contributed by atoms with van der Waals surface area (Å²) in [4.78, 5) is 15.0. The van der Waals surface area contributed by atoms with Gasteiger partial charge in [0.2, 0.25) is 10.0 Å². The first-order chi connectivity index (χ1) is 14.4. The molecule has 2 aliphatic rings. The largest absolute Gasteiger partial charge is 0.379 e. The molecule has 0 aliphatic carbocycles. The molecule has 0 bridgehead atoms. The summed E-state index contributed by atoms with van der Waals surface area (Å²) >= 11 is 0. The molecule has 0 aromatic heterocycles. The van der Waals surface area contributed by atoms with Gasteiger partial charge in [0.05, 0.1) is 30.8 Å². The molecule has 0 radical (unpaired) electrons. The zero-order valence-corrected chi connectivity index (χ0v) is 17.8. The van der Waals surface area contributed by atoms with E-state index in [0.29, 0.717) is 45.0 Å². The molecule has 0 saturated carbocycles. The molecule has 160 valence electrons. The standard InChI is InChI=1S/C22H26N2O5S/c1-17-15-23(16-21(29-17)18-5-3-2-4-6-18)22(25)19-7-9-20(10-8-19)30(26,27)24-11-13-28-14-12-24/h2-10,17,21H,11-16H2,1H3/t17-,21-/m1/s1. The third-order valence-electron chi connectivity index (χ3n) is 5.43. The van der Waals surface area contributed by atoms with Crippen LogP contribution in [0.3, 0.4) is 0 Å². The topological polar surface area (TPSA) is 76.2 Å². The van der Waals surface area contributed by atoms with Crippen molar-refractivity contribution < 1.29 is 22.7 Å². The van der Waals surface area contributed by atoms with Gasteiger partial charge >= 0.3 is 0 Å². The van der Waals surface area contributed by atoms with Crippen molar-refractivity contribution in [2.24, 2.45) is 0 Å². The van der Waals surface area contributed by atoms with Crippen LogP contribution in [-0.4, -0.2) is 69.0 Å². The molecule has 4 rings (SSSR count). The fourth-order valence-corrected chi connectivity index (χ4v) is 5.27. The average Bonchev–Trinajstić information content (AvgIpc) is 2.79. The molecule has 30 heavy (non-hydrogen) atoms. The molecule has 0 N–H and O–H groups in total. The lowest BCUT2D eigenvalue weighted by Gasteiger charge is -2.37. The summed E-state index contributed by atoms with van der Waals surface area (Å²) in [6.07, 6.45) is -0.270. The Kier molecular flexibility index (Phi) is 6.19. The quantitative estimate of drug-likeness (QED) is 0.744. The van der Waals surface area contributed by atoms with Gasteiger partial charge in [-0.25, -0.2) is 8.42 Å². The van der Waals surface area contributed by atoms with Crippen molar-refractivity contribution in [3.05, 3.63) is 65.7 Å². The highest BCUT2D eigenvalue weighted by Gasteiger charge is 2.31. The third-order valence-corrected chi connectivity index (χ3v) is 7.34. The van der Waals surface area contributed by atoms with Gasteiger partial charge in [0.1, 0.15) is 6.10 Å². The Hall–Kier alpha value is -2.26. The Bertz CT molecular complexity index is 972. The first kappa shape index (κ1) is 21.0. The Morgan fingerprint density at radius 3 is 2.30 bits per heavy atom. The molecular formula is C22H26N2O5S. The maximum Gasteiger partial charge on any atom is 0.254 e. The van der Waals surface area contributed by atoms with Gasteiger partial charge in [-0.15, -0.1) is 0 Å². The minimum atomic E-state index is -3.57. The number of ether oxygens (including phenoxy) is 2. The van der Waals surface area contributed by atoms with Gasteiger partial charge < -0.3 is 14.4 Å². The molecule has 7 nitrogen and oxygen atoms in total. The van der Waals surface area contributed by atoms with E-state index < -0.39 is 10.0 Å². The number of carbonyl (C=O) groups is 1. The fourth-order valence-electron chi connectivity index (χ4n) is 3.86. The lowest BCUT2D eigenvalue weighted by molar-refractivity contribution is -0.0691. The minimum absolute atomic E-state index is 0.0890. The van der Waals surface area contributed by atoms with E-state index >= 15 is 0 Å². The molecular weight excluding hydrogens is 404 g/mol. The van der Waals surface area contributed by atoms with Crippen LogP contribution in [0.1, 0.15) is 28.9 Å². The van der Waals surface area contributed by atoms with Gasteiger partial charge in [0.25, 0.3) is 5.91 Å². The van der Waals surface area contributed by atoms with Crippen molar-refractivity contribution in [1.29, 1.82) is 0 Å². The molecule has 2 fully saturated rings. The lowest BCUT2D eigenvalue weighted by atomic mass is 10.1. The molecule has 2 aliphatic heterocycles. The van der Waals surface area contributed by atoms with Crippen LogP contribution in [0.5, 0.6) is 0 Å². The van der Waals surface area contributed by atoms with Crippen LogP contribution in [0.15, 0.2) is 59.5 Å². The maximum absolute atomic E-state index is 13.1. The van der Waals surface area contributed by atoms with Crippen molar-refractivity contribution >= 4 is 15.9 Å². The molecule has 0 spiro atoms. The highest BCUT2D eigenvalue weighted by molar-refractivity contribution is 7.89. The Labute approximate surface area is 177 Å². The maximum atomic E-state index is 13.1. The van der Waals surface area contributed by atoms with Crippen LogP contribution in [0, 0.1) is 0 Å². The summed E-state index contributed by atoms with van der Waals surface area (Å²) in [7, 11) is -3.57. The number of carbonyl (C=O) groups excluding carboxylic acids is 1. The van der Waals surface area contributed by atoms with Crippen LogP contribution >= 0.6 is 0 Å². The second-order valence-electron chi connectivity index (χ2n) is 7.60. The van der Waals surface area contributed by atoms with E-state index in [4.69, 9.17) is 9.47 Å². The minimum Gasteiger partial charge on any atom is -0.379 e. The summed E-state index contributed by atoms with van der Waals surface area (Å²) in [5.74, 6) is -0.124. The van der Waals surface area contributed by atoms with Gasteiger partial charge in [-0.1, -0.05) is 30.3 Å². The van der Waals surface area contributed by atoms with Crippen LogP contribution in [0.25, 0.3) is 0 Å². The SMILES string of the molecule is C[C@@H]1CN(C(=O)c2ccc(S(=O)(=O)N3CCOCC3)cc2)C[C@H](c2ccccc2)O1. The Balaban J connectivity index is 1.49. The highest BCUT2D eigenvalue weighted by Crippen LogP contribution is 2.26. The molecule has 8 heteroatoms. The van der Waals surface area contributed by atoms with E-state index in [2.05, 4.69) is 0 Å². The highest BCUT2D eigenvalue weighted by atomic mass is 32.2. The van der Waals surface area contributed by atoms with Crippen molar-refractivity contribution in [3.63, 3.8) is 0 Å². The van der Waals surface area contributed by atoms with Crippen molar-refractivity contribution in [2.75, 3.05) is 39.4 Å². The number of hydrogen-bond donors (Lipinski definition) is 0. The smallest absolute Gasteiger partial charge is 0.254 e. The van der Waals surface area contributed by atoms with Crippen LogP contribution < -0.4 is 0 Å². The second-order valence-corrected chi connectivity index (χ2v) is 9.53. The van der Waals surface area contributed by atoms with Gasteiger partial charge in [-0.05, 0) is 36.8 Å². The fraction of sp³-hybridized carbons (Fsp3) is 0.409. The number of sulfonamides is 1. The van der Waals surface area contributed by atoms with E-state index in [9.17, 15) is 13.2 Å². The van der Waals surface area contributed by atoms with Crippen molar-refractivity contribution in [3.8, 4) is 0 Å².